The van der Waals surface area contributed by atoms with Crippen molar-refractivity contribution in [3.05, 3.63) is 108 Å². The number of carbonyl (C=O) groups excluding carboxylic acids is 3. The molecule has 32 heavy (non-hydrogen) atoms. The molecular formula is C24H16N4O4. The standard InChI is InChI=1S/C24H16N4O4/c29-22-18-10-4-5-11-19(18)23(30)28(22)32-24(31)20-15-27(14-16-7-2-1-3-8-16)26-21(20)17-9-6-12-25-13-17/h1-13,15H,14H2. The van der Waals surface area contributed by atoms with Crippen molar-refractivity contribution in [2.75, 3.05) is 0 Å². The van der Waals surface area contributed by atoms with Gasteiger partial charge in [0.2, 0.25) is 0 Å². The van der Waals surface area contributed by atoms with Crippen LogP contribution in [0.2, 0.25) is 0 Å². The number of amides is 2. The van der Waals surface area contributed by atoms with Crippen LogP contribution in [0.15, 0.2) is 85.3 Å². The first-order valence-corrected chi connectivity index (χ1v) is 9.83. The number of carbonyl (C=O) groups is 3. The van der Waals surface area contributed by atoms with Gasteiger partial charge in [-0.05, 0) is 29.8 Å². The van der Waals surface area contributed by atoms with Gasteiger partial charge in [0.1, 0.15) is 11.3 Å². The largest absolute Gasteiger partial charge is 0.367 e. The Morgan fingerprint density at radius 3 is 2.22 bits per heavy atom. The van der Waals surface area contributed by atoms with Crippen LogP contribution in [-0.2, 0) is 11.4 Å². The first-order chi connectivity index (χ1) is 15.6. The molecule has 2 amide bonds. The van der Waals surface area contributed by atoms with E-state index in [1.807, 2.05) is 30.3 Å². The maximum absolute atomic E-state index is 13.1. The SMILES string of the molecule is O=C(ON1C(=O)c2ccccc2C1=O)c1cn(Cc2ccccc2)nc1-c1cccnc1. The number of fused-ring (bicyclic) bond motifs is 1. The van der Waals surface area contributed by atoms with Crippen LogP contribution in [0.4, 0.5) is 0 Å². The molecule has 2 aromatic heterocycles. The fourth-order valence-corrected chi connectivity index (χ4v) is 3.52. The van der Waals surface area contributed by atoms with E-state index in [-0.39, 0.29) is 16.7 Å². The van der Waals surface area contributed by atoms with Gasteiger partial charge in [-0.1, -0.05) is 47.5 Å². The molecule has 0 aliphatic carbocycles. The molecule has 0 N–H and O–H groups in total. The summed E-state index contributed by atoms with van der Waals surface area (Å²) < 4.78 is 1.61. The fraction of sp³-hybridized carbons (Fsp3) is 0.0417. The number of imide groups is 1. The molecule has 0 saturated heterocycles. The Balaban J connectivity index is 1.47. The molecule has 0 saturated carbocycles. The Kier molecular flexibility index (Phi) is 4.79. The van der Waals surface area contributed by atoms with Gasteiger partial charge in [0, 0.05) is 24.2 Å². The second-order valence-corrected chi connectivity index (χ2v) is 7.15. The van der Waals surface area contributed by atoms with Crippen LogP contribution in [-0.4, -0.2) is 37.6 Å². The van der Waals surface area contributed by atoms with Crippen LogP contribution in [0.1, 0.15) is 36.6 Å². The average Bonchev–Trinajstić information content (AvgIpc) is 3.36. The van der Waals surface area contributed by atoms with Gasteiger partial charge in [0.15, 0.2) is 0 Å². The maximum Gasteiger partial charge on any atom is 0.367 e. The molecule has 0 atom stereocenters. The van der Waals surface area contributed by atoms with Crippen molar-refractivity contribution in [1.29, 1.82) is 0 Å². The summed E-state index contributed by atoms with van der Waals surface area (Å²) in [6.07, 6.45) is 4.73. The molecule has 0 unspecified atom stereocenters. The van der Waals surface area contributed by atoms with E-state index in [1.165, 1.54) is 18.3 Å². The van der Waals surface area contributed by atoms with Gasteiger partial charge in [0.05, 0.1) is 17.7 Å². The third-order valence-electron chi connectivity index (χ3n) is 5.03. The Labute approximate surface area is 182 Å². The third kappa shape index (κ3) is 3.43. The summed E-state index contributed by atoms with van der Waals surface area (Å²) in [7, 11) is 0. The highest BCUT2D eigenvalue weighted by Gasteiger charge is 2.39. The summed E-state index contributed by atoms with van der Waals surface area (Å²) in [5.41, 5.74) is 2.44. The van der Waals surface area contributed by atoms with Gasteiger partial charge in [-0.2, -0.15) is 5.10 Å². The molecule has 8 heteroatoms. The number of benzene rings is 2. The van der Waals surface area contributed by atoms with Crippen LogP contribution in [0.3, 0.4) is 0 Å². The van der Waals surface area contributed by atoms with Crippen LogP contribution < -0.4 is 0 Å². The van der Waals surface area contributed by atoms with Crippen molar-refractivity contribution in [2.24, 2.45) is 0 Å². The molecule has 3 heterocycles. The second kappa shape index (κ2) is 7.92. The normalized spacial score (nSPS) is 12.7. The quantitative estimate of drug-likeness (QED) is 0.456. The van der Waals surface area contributed by atoms with Crippen molar-refractivity contribution >= 4 is 17.8 Å². The number of hydroxylamine groups is 2. The van der Waals surface area contributed by atoms with Gasteiger partial charge in [-0.15, -0.1) is 0 Å². The zero-order chi connectivity index (χ0) is 22.1. The van der Waals surface area contributed by atoms with Gasteiger partial charge >= 0.3 is 5.97 Å². The highest BCUT2D eigenvalue weighted by atomic mass is 16.7. The summed E-state index contributed by atoms with van der Waals surface area (Å²) >= 11 is 0. The van der Waals surface area contributed by atoms with Gasteiger partial charge in [0.25, 0.3) is 11.8 Å². The van der Waals surface area contributed by atoms with Crippen molar-refractivity contribution in [2.45, 2.75) is 6.54 Å². The van der Waals surface area contributed by atoms with E-state index in [0.29, 0.717) is 22.9 Å². The predicted octanol–water partition coefficient (Wildman–Crippen LogP) is 3.36. The number of rotatable bonds is 5. The van der Waals surface area contributed by atoms with Crippen molar-refractivity contribution in [3.63, 3.8) is 0 Å². The summed E-state index contributed by atoms with van der Waals surface area (Å²) in [4.78, 5) is 47.5. The summed E-state index contributed by atoms with van der Waals surface area (Å²) in [6, 6.07) is 19.4. The monoisotopic (exact) mass is 424 g/mol. The van der Waals surface area contributed by atoms with Crippen molar-refractivity contribution < 1.29 is 19.2 Å². The minimum absolute atomic E-state index is 0.116. The number of aromatic nitrogens is 3. The molecule has 0 bridgehead atoms. The zero-order valence-electron chi connectivity index (χ0n) is 16.7. The van der Waals surface area contributed by atoms with Crippen molar-refractivity contribution in [1.82, 2.24) is 19.8 Å². The number of pyridine rings is 1. The van der Waals surface area contributed by atoms with E-state index in [2.05, 4.69) is 10.1 Å². The summed E-state index contributed by atoms with van der Waals surface area (Å²) in [6.45, 7) is 0.425. The molecule has 0 spiro atoms. The van der Waals surface area contributed by atoms with Crippen molar-refractivity contribution in [3.8, 4) is 11.3 Å². The molecule has 156 valence electrons. The molecule has 0 radical (unpaired) electrons. The van der Waals surface area contributed by atoms with E-state index in [0.717, 1.165) is 5.56 Å². The van der Waals surface area contributed by atoms with E-state index in [4.69, 9.17) is 4.84 Å². The van der Waals surface area contributed by atoms with Gasteiger partial charge in [-0.3, -0.25) is 19.3 Å². The molecule has 1 aliphatic rings. The van der Waals surface area contributed by atoms with E-state index < -0.39 is 17.8 Å². The number of hydrogen-bond acceptors (Lipinski definition) is 6. The molecule has 5 rings (SSSR count). The molecule has 0 fully saturated rings. The lowest BCUT2D eigenvalue weighted by atomic mass is 10.1. The lowest BCUT2D eigenvalue weighted by Crippen LogP contribution is -2.32. The summed E-state index contributed by atoms with van der Waals surface area (Å²) in [5.74, 6) is -2.23. The first kappa shape index (κ1) is 19.4. The molecular weight excluding hydrogens is 408 g/mol. The van der Waals surface area contributed by atoms with Crippen LogP contribution in [0, 0.1) is 0 Å². The molecule has 8 nitrogen and oxygen atoms in total. The highest BCUT2D eigenvalue weighted by Crippen LogP contribution is 2.26. The minimum Gasteiger partial charge on any atom is -0.324 e. The van der Waals surface area contributed by atoms with Crippen LogP contribution in [0.25, 0.3) is 11.3 Å². The van der Waals surface area contributed by atoms with Crippen LogP contribution >= 0.6 is 0 Å². The van der Waals surface area contributed by atoms with E-state index in [9.17, 15) is 14.4 Å². The Bertz CT molecular complexity index is 1300. The third-order valence-corrected chi connectivity index (χ3v) is 5.03. The lowest BCUT2D eigenvalue weighted by molar-refractivity contribution is -0.0584. The topological polar surface area (TPSA) is 94.4 Å². The first-order valence-electron chi connectivity index (χ1n) is 9.83. The fourth-order valence-electron chi connectivity index (χ4n) is 3.52. The zero-order valence-corrected chi connectivity index (χ0v) is 16.7. The number of hydrogen-bond donors (Lipinski definition) is 0. The van der Waals surface area contributed by atoms with Gasteiger partial charge < -0.3 is 4.84 Å². The van der Waals surface area contributed by atoms with E-state index in [1.54, 1.807) is 41.3 Å². The maximum atomic E-state index is 13.1. The minimum atomic E-state index is -0.863. The second-order valence-electron chi connectivity index (χ2n) is 7.15. The van der Waals surface area contributed by atoms with Crippen LogP contribution in [0.5, 0.6) is 0 Å². The lowest BCUT2D eigenvalue weighted by Gasteiger charge is -2.12. The Morgan fingerprint density at radius 1 is 0.875 bits per heavy atom. The predicted molar refractivity (Wildman–Crippen MR) is 113 cm³/mol. The molecule has 2 aromatic carbocycles. The summed E-state index contributed by atoms with van der Waals surface area (Å²) in [5, 5.41) is 5.03. The Morgan fingerprint density at radius 2 is 1.56 bits per heavy atom. The smallest absolute Gasteiger partial charge is 0.324 e. The highest BCUT2D eigenvalue weighted by molar-refractivity contribution is 6.21. The molecule has 1 aliphatic heterocycles. The Hall–Kier alpha value is -4.59. The van der Waals surface area contributed by atoms with Gasteiger partial charge in [-0.25, -0.2) is 4.79 Å². The van der Waals surface area contributed by atoms with E-state index >= 15 is 0 Å². The average molecular weight is 424 g/mol. The number of nitrogens with zero attached hydrogens (tertiary/aromatic N) is 4. The molecule has 4 aromatic rings.